The fourth-order valence-electron chi connectivity index (χ4n) is 1.87. The van der Waals surface area contributed by atoms with E-state index in [0.29, 0.717) is 5.56 Å². The Morgan fingerprint density at radius 2 is 2.00 bits per heavy atom. The van der Waals surface area contributed by atoms with Crippen molar-refractivity contribution in [3.05, 3.63) is 52.2 Å². The van der Waals surface area contributed by atoms with Crippen LogP contribution in [0.1, 0.15) is 18.1 Å². The molecule has 0 fully saturated rings. The molecule has 1 atom stereocenters. The molecular formula is C15H16N2O3S2. The number of benzene rings is 1. The number of sulfonamides is 1. The topological polar surface area (TPSA) is 90.2 Å². The van der Waals surface area contributed by atoms with Crippen LogP contribution >= 0.6 is 11.3 Å². The third-order valence-electron chi connectivity index (χ3n) is 3.27. The molecule has 0 aliphatic carbocycles. The quantitative estimate of drug-likeness (QED) is 0.844. The Morgan fingerprint density at radius 1 is 1.32 bits per heavy atom. The second-order valence-electron chi connectivity index (χ2n) is 5.09. The highest BCUT2D eigenvalue weighted by atomic mass is 32.2. The number of thiophene rings is 1. The lowest BCUT2D eigenvalue weighted by atomic mass is 10.0. The van der Waals surface area contributed by atoms with Crippen molar-refractivity contribution >= 4 is 21.4 Å². The van der Waals surface area contributed by atoms with Gasteiger partial charge in [0.15, 0.2) is 0 Å². The zero-order chi connectivity index (χ0) is 16.2. The SMILES string of the molecule is C[C@](O)(CNS(=O)(=O)c1ccc(CC#N)cc1)c1ccsc1. The van der Waals surface area contributed by atoms with Crippen LogP contribution in [-0.2, 0) is 22.0 Å². The molecule has 22 heavy (non-hydrogen) atoms. The zero-order valence-electron chi connectivity index (χ0n) is 12.0. The molecule has 0 aliphatic rings. The summed E-state index contributed by atoms with van der Waals surface area (Å²) in [6.07, 6.45) is 0.237. The molecule has 0 aliphatic heterocycles. The first-order valence-electron chi connectivity index (χ1n) is 6.56. The Morgan fingerprint density at radius 3 is 2.55 bits per heavy atom. The molecule has 0 saturated carbocycles. The Kier molecular flexibility index (Phi) is 4.98. The zero-order valence-corrected chi connectivity index (χ0v) is 13.6. The minimum Gasteiger partial charge on any atom is -0.384 e. The van der Waals surface area contributed by atoms with Gasteiger partial charge in [0.1, 0.15) is 5.60 Å². The molecule has 0 bridgehead atoms. The number of hydrogen-bond donors (Lipinski definition) is 2. The van der Waals surface area contributed by atoms with Gasteiger partial charge in [-0.1, -0.05) is 12.1 Å². The molecule has 2 rings (SSSR count). The lowest BCUT2D eigenvalue weighted by Gasteiger charge is -2.22. The van der Waals surface area contributed by atoms with Crippen LogP contribution in [0.5, 0.6) is 0 Å². The largest absolute Gasteiger partial charge is 0.384 e. The van der Waals surface area contributed by atoms with Gasteiger partial charge in [-0.25, -0.2) is 13.1 Å². The van der Waals surface area contributed by atoms with E-state index < -0.39 is 15.6 Å². The van der Waals surface area contributed by atoms with Crippen LogP contribution in [0.4, 0.5) is 0 Å². The first-order valence-corrected chi connectivity index (χ1v) is 8.98. The van der Waals surface area contributed by atoms with Crippen LogP contribution in [0.3, 0.4) is 0 Å². The van der Waals surface area contributed by atoms with Gasteiger partial charge >= 0.3 is 0 Å². The number of rotatable bonds is 6. The molecule has 7 heteroatoms. The van der Waals surface area contributed by atoms with Gasteiger partial charge in [0, 0.05) is 6.54 Å². The summed E-state index contributed by atoms with van der Waals surface area (Å²) in [4.78, 5) is 0.107. The first-order chi connectivity index (χ1) is 10.3. The normalized spacial score (nSPS) is 14.2. The first kappa shape index (κ1) is 16.6. The molecule has 5 nitrogen and oxygen atoms in total. The second kappa shape index (κ2) is 6.58. The molecule has 0 radical (unpaired) electrons. The predicted molar refractivity (Wildman–Crippen MR) is 84.8 cm³/mol. The van der Waals surface area contributed by atoms with Crippen LogP contribution < -0.4 is 4.72 Å². The van der Waals surface area contributed by atoms with E-state index in [1.165, 1.54) is 23.5 Å². The Balaban J connectivity index is 2.10. The average Bonchev–Trinajstić information content (AvgIpc) is 3.02. The predicted octanol–water partition coefficient (Wildman–Crippen LogP) is 2.00. The van der Waals surface area contributed by atoms with E-state index in [4.69, 9.17) is 5.26 Å². The number of nitrogens with one attached hydrogen (secondary N) is 1. The van der Waals surface area contributed by atoms with Gasteiger partial charge in [-0.05, 0) is 47.0 Å². The van der Waals surface area contributed by atoms with Gasteiger partial charge in [0.25, 0.3) is 0 Å². The fourth-order valence-corrected chi connectivity index (χ4v) is 3.78. The van der Waals surface area contributed by atoms with Crippen molar-refractivity contribution < 1.29 is 13.5 Å². The molecule has 0 amide bonds. The van der Waals surface area contributed by atoms with E-state index in [2.05, 4.69) is 4.72 Å². The lowest BCUT2D eigenvalue weighted by Crippen LogP contribution is -2.38. The van der Waals surface area contributed by atoms with E-state index >= 15 is 0 Å². The van der Waals surface area contributed by atoms with Crippen molar-refractivity contribution in [2.24, 2.45) is 0 Å². The highest BCUT2D eigenvalue weighted by molar-refractivity contribution is 7.89. The molecule has 0 unspecified atom stereocenters. The summed E-state index contributed by atoms with van der Waals surface area (Å²) in [5.74, 6) is 0. The minimum atomic E-state index is -3.71. The van der Waals surface area contributed by atoms with Gasteiger partial charge in [0.05, 0.1) is 17.4 Å². The second-order valence-corrected chi connectivity index (χ2v) is 7.64. The Labute approximate surface area is 133 Å². The number of nitrogens with zero attached hydrogens (tertiary/aromatic N) is 1. The van der Waals surface area contributed by atoms with Crippen LogP contribution in [-0.4, -0.2) is 20.1 Å². The minimum absolute atomic E-state index is 0.107. The van der Waals surface area contributed by atoms with Crippen molar-refractivity contribution in [3.8, 4) is 6.07 Å². The third-order valence-corrected chi connectivity index (χ3v) is 5.37. The van der Waals surface area contributed by atoms with Gasteiger partial charge in [-0.15, -0.1) is 0 Å². The number of nitriles is 1. The maximum atomic E-state index is 12.2. The van der Waals surface area contributed by atoms with E-state index in [1.807, 2.05) is 11.4 Å². The van der Waals surface area contributed by atoms with Crippen LogP contribution in [0.25, 0.3) is 0 Å². The van der Waals surface area contributed by atoms with Gasteiger partial charge in [0.2, 0.25) is 10.0 Å². The molecule has 2 aromatic rings. The summed E-state index contributed by atoms with van der Waals surface area (Å²) >= 11 is 1.44. The summed E-state index contributed by atoms with van der Waals surface area (Å²) in [7, 11) is -3.71. The maximum Gasteiger partial charge on any atom is 0.240 e. The van der Waals surface area contributed by atoms with Crippen molar-refractivity contribution in [2.45, 2.75) is 23.8 Å². The fraction of sp³-hybridized carbons (Fsp3) is 0.267. The number of hydrogen-bond acceptors (Lipinski definition) is 5. The van der Waals surface area contributed by atoms with Gasteiger partial charge in [-0.3, -0.25) is 0 Å². The van der Waals surface area contributed by atoms with Crippen LogP contribution in [0.2, 0.25) is 0 Å². The molecule has 1 aromatic carbocycles. The monoisotopic (exact) mass is 336 g/mol. The maximum absolute atomic E-state index is 12.2. The molecule has 0 saturated heterocycles. The van der Waals surface area contributed by atoms with Crippen LogP contribution in [0, 0.1) is 11.3 Å². The number of aliphatic hydroxyl groups is 1. The summed E-state index contributed by atoms with van der Waals surface area (Å²) < 4.78 is 26.9. The highest BCUT2D eigenvalue weighted by Gasteiger charge is 2.26. The third kappa shape index (κ3) is 3.93. The van der Waals surface area contributed by atoms with E-state index in [9.17, 15) is 13.5 Å². The molecule has 1 heterocycles. The smallest absolute Gasteiger partial charge is 0.240 e. The van der Waals surface area contributed by atoms with Crippen LogP contribution in [0.15, 0.2) is 46.0 Å². The van der Waals surface area contributed by atoms with Gasteiger partial charge < -0.3 is 5.11 Å². The highest BCUT2D eigenvalue weighted by Crippen LogP contribution is 2.23. The van der Waals surface area contributed by atoms with Crippen molar-refractivity contribution in [3.63, 3.8) is 0 Å². The average molecular weight is 336 g/mol. The molecule has 116 valence electrons. The van der Waals surface area contributed by atoms with Crippen molar-refractivity contribution in [1.82, 2.24) is 4.72 Å². The van der Waals surface area contributed by atoms with Gasteiger partial charge in [-0.2, -0.15) is 16.6 Å². The Bertz CT molecular complexity index is 758. The van der Waals surface area contributed by atoms with E-state index in [1.54, 1.807) is 30.5 Å². The summed E-state index contributed by atoms with van der Waals surface area (Å²) in [5.41, 5.74) is 0.157. The molecule has 2 N–H and O–H groups in total. The lowest BCUT2D eigenvalue weighted by molar-refractivity contribution is 0.0632. The molecular weight excluding hydrogens is 320 g/mol. The summed E-state index contributed by atoms with van der Waals surface area (Å²) in [6.45, 7) is 1.44. The van der Waals surface area contributed by atoms with Crippen molar-refractivity contribution in [1.29, 1.82) is 5.26 Å². The van der Waals surface area contributed by atoms with E-state index in [-0.39, 0.29) is 17.9 Å². The molecule has 1 aromatic heterocycles. The van der Waals surface area contributed by atoms with E-state index in [0.717, 1.165) is 5.56 Å². The Hall–Kier alpha value is -1.72. The summed E-state index contributed by atoms with van der Waals surface area (Å²) in [5, 5.41) is 22.6. The standard InChI is InChI=1S/C15H16N2O3S2/c1-15(18,13-7-9-21-10-13)11-17-22(19,20)14-4-2-12(3-5-14)6-8-16/h2-5,7,9-10,17-18H,6,11H2,1H3/t15-/m0/s1. The van der Waals surface area contributed by atoms with Crippen molar-refractivity contribution in [2.75, 3.05) is 6.54 Å². The summed E-state index contributed by atoms with van der Waals surface area (Å²) in [6, 6.07) is 9.88. The molecule has 0 spiro atoms.